The molecule has 0 saturated heterocycles. The van der Waals surface area contributed by atoms with Gasteiger partial charge in [-0.3, -0.25) is 9.59 Å². The molecular weight excluding hydrogens is 418 g/mol. The van der Waals surface area contributed by atoms with E-state index in [1.54, 1.807) is 30.3 Å². The van der Waals surface area contributed by atoms with Gasteiger partial charge in [0.25, 0.3) is 5.91 Å². The van der Waals surface area contributed by atoms with Crippen molar-refractivity contribution in [2.45, 2.75) is 0 Å². The molecule has 0 spiro atoms. The Morgan fingerprint density at radius 2 is 1.58 bits per heavy atom. The maximum absolute atomic E-state index is 12.9. The Morgan fingerprint density at radius 1 is 0.818 bits per heavy atom. The number of carbonyl (C=O) groups is 1. The summed E-state index contributed by atoms with van der Waals surface area (Å²) in [6, 6.07) is 27.4. The smallest absolute Gasteiger partial charge is 0.262 e. The van der Waals surface area contributed by atoms with Gasteiger partial charge in [0.05, 0.1) is 5.39 Å². The number of fused-ring (bicyclic) bond motifs is 2. The molecule has 162 valence electrons. The second kappa shape index (κ2) is 8.88. The summed E-state index contributed by atoms with van der Waals surface area (Å²) >= 11 is 0. The second-order valence-electron chi connectivity index (χ2n) is 7.40. The topological polar surface area (TPSA) is 77.8 Å². The molecule has 0 bridgehead atoms. The number of hydrogen-bond acceptors (Lipinski definition) is 5. The number of para-hydroxylation sites is 1. The fourth-order valence-electron chi connectivity index (χ4n) is 3.48. The zero-order chi connectivity index (χ0) is 22.6. The van der Waals surface area contributed by atoms with Crippen molar-refractivity contribution in [3.63, 3.8) is 0 Å². The first-order chi connectivity index (χ1) is 16.2. The molecule has 1 heterocycles. The standard InChI is InChI=1S/C27H19NO5/c29-26(28-20-8-2-1-3-9-20)17-31-21-12-13-23-24(15-21)32-16-25(27(23)30)33-22-11-10-18-6-4-5-7-19(18)14-22/h1-16H,17H2,(H,28,29). The molecule has 0 aliphatic carbocycles. The van der Waals surface area contributed by atoms with Crippen LogP contribution in [0.25, 0.3) is 21.7 Å². The molecule has 0 aliphatic rings. The number of rotatable bonds is 6. The molecule has 1 N–H and O–H groups in total. The van der Waals surface area contributed by atoms with Crippen LogP contribution < -0.4 is 20.2 Å². The molecule has 1 aromatic heterocycles. The first kappa shape index (κ1) is 20.3. The lowest BCUT2D eigenvalue weighted by Gasteiger charge is -2.09. The average Bonchev–Trinajstić information content (AvgIpc) is 2.85. The van der Waals surface area contributed by atoms with Crippen molar-refractivity contribution < 1.29 is 18.7 Å². The normalized spacial score (nSPS) is 10.8. The Labute approximate surface area is 189 Å². The fourth-order valence-corrected chi connectivity index (χ4v) is 3.48. The quantitative estimate of drug-likeness (QED) is 0.366. The number of benzene rings is 4. The van der Waals surface area contributed by atoms with Gasteiger partial charge >= 0.3 is 0 Å². The van der Waals surface area contributed by atoms with Gasteiger partial charge in [0, 0.05) is 11.8 Å². The van der Waals surface area contributed by atoms with Crippen LogP contribution in [-0.4, -0.2) is 12.5 Å². The Balaban J connectivity index is 1.31. The van der Waals surface area contributed by atoms with Gasteiger partial charge in [-0.25, -0.2) is 0 Å². The number of nitrogens with one attached hydrogen (secondary N) is 1. The van der Waals surface area contributed by atoms with Crippen LogP contribution in [-0.2, 0) is 4.79 Å². The van der Waals surface area contributed by atoms with Crippen LogP contribution in [0.1, 0.15) is 0 Å². The van der Waals surface area contributed by atoms with E-state index < -0.39 is 0 Å². The van der Waals surface area contributed by atoms with Gasteiger partial charge < -0.3 is 19.2 Å². The summed E-state index contributed by atoms with van der Waals surface area (Å²) in [6.45, 7) is -0.173. The van der Waals surface area contributed by atoms with Crippen molar-refractivity contribution in [3.05, 3.63) is 107 Å². The summed E-state index contributed by atoms with van der Waals surface area (Å²) in [7, 11) is 0. The van der Waals surface area contributed by atoms with E-state index in [0.29, 0.717) is 28.2 Å². The first-order valence-electron chi connectivity index (χ1n) is 10.4. The van der Waals surface area contributed by atoms with Crippen molar-refractivity contribution in [1.29, 1.82) is 0 Å². The Hall–Kier alpha value is -4.58. The summed E-state index contributed by atoms with van der Waals surface area (Å²) in [6.07, 6.45) is 1.28. The third kappa shape index (κ3) is 4.55. The first-order valence-corrected chi connectivity index (χ1v) is 10.4. The molecule has 0 radical (unpaired) electrons. The molecule has 5 rings (SSSR count). The minimum absolute atomic E-state index is 0.0914. The van der Waals surface area contributed by atoms with Gasteiger partial charge in [-0.2, -0.15) is 0 Å². The highest BCUT2D eigenvalue weighted by molar-refractivity contribution is 5.92. The van der Waals surface area contributed by atoms with E-state index >= 15 is 0 Å². The molecule has 6 heteroatoms. The van der Waals surface area contributed by atoms with E-state index in [9.17, 15) is 9.59 Å². The molecule has 0 unspecified atom stereocenters. The number of anilines is 1. The van der Waals surface area contributed by atoms with E-state index in [2.05, 4.69) is 5.32 Å². The van der Waals surface area contributed by atoms with Gasteiger partial charge in [0.2, 0.25) is 11.2 Å². The van der Waals surface area contributed by atoms with Gasteiger partial charge in [-0.15, -0.1) is 0 Å². The highest BCUT2D eigenvalue weighted by atomic mass is 16.5. The summed E-state index contributed by atoms with van der Waals surface area (Å²) in [4.78, 5) is 25.0. The molecule has 33 heavy (non-hydrogen) atoms. The highest BCUT2D eigenvalue weighted by Crippen LogP contribution is 2.26. The lowest BCUT2D eigenvalue weighted by atomic mass is 10.1. The molecule has 4 aromatic carbocycles. The van der Waals surface area contributed by atoms with Crippen LogP contribution in [0.4, 0.5) is 5.69 Å². The number of ether oxygens (including phenoxy) is 2. The largest absolute Gasteiger partial charge is 0.484 e. The van der Waals surface area contributed by atoms with Crippen LogP contribution in [0.15, 0.2) is 106 Å². The van der Waals surface area contributed by atoms with Crippen LogP contribution in [0.3, 0.4) is 0 Å². The van der Waals surface area contributed by atoms with Crippen LogP contribution in [0, 0.1) is 0 Å². The molecule has 0 fully saturated rings. The van der Waals surface area contributed by atoms with E-state index in [1.165, 1.54) is 6.26 Å². The molecule has 1 amide bonds. The molecule has 0 atom stereocenters. The van der Waals surface area contributed by atoms with Gasteiger partial charge in [-0.05, 0) is 47.2 Å². The highest BCUT2D eigenvalue weighted by Gasteiger charge is 2.11. The third-order valence-corrected chi connectivity index (χ3v) is 5.09. The third-order valence-electron chi connectivity index (χ3n) is 5.09. The van der Waals surface area contributed by atoms with Crippen LogP contribution in [0.5, 0.6) is 17.2 Å². The van der Waals surface area contributed by atoms with E-state index in [4.69, 9.17) is 13.9 Å². The van der Waals surface area contributed by atoms with E-state index in [-0.39, 0.29) is 23.7 Å². The zero-order valence-corrected chi connectivity index (χ0v) is 17.5. The summed E-state index contributed by atoms with van der Waals surface area (Å²) in [5, 5.41) is 5.20. The SMILES string of the molecule is O=C(COc1ccc2c(=O)c(Oc3ccc4ccccc4c3)coc2c1)Nc1ccccc1. The lowest BCUT2D eigenvalue weighted by molar-refractivity contribution is -0.118. The van der Waals surface area contributed by atoms with Crippen molar-refractivity contribution >= 4 is 33.3 Å². The fraction of sp³-hybridized carbons (Fsp3) is 0.0370. The zero-order valence-electron chi connectivity index (χ0n) is 17.5. The molecule has 6 nitrogen and oxygen atoms in total. The predicted molar refractivity (Wildman–Crippen MR) is 127 cm³/mol. The van der Waals surface area contributed by atoms with Gasteiger partial charge in [-0.1, -0.05) is 48.5 Å². The summed E-state index contributed by atoms with van der Waals surface area (Å²) in [5.41, 5.74) is 0.735. The van der Waals surface area contributed by atoms with Gasteiger partial charge in [0.1, 0.15) is 23.3 Å². The van der Waals surface area contributed by atoms with Gasteiger partial charge in [0.15, 0.2) is 6.61 Å². The van der Waals surface area contributed by atoms with Crippen molar-refractivity contribution in [2.24, 2.45) is 0 Å². The van der Waals surface area contributed by atoms with Crippen molar-refractivity contribution in [1.82, 2.24) is 0 Å². The Morgan fingerprint density at radius 3 is 2.42 bits per heavy atom. The maximum atomic E-state index is 12.9. The second-order valence-corrected chi connectivity index (χ2v) is 7.40. The van der Waals surface area contributed by atoms with Crippen molar-refractivity contribution in [2.75, 3.05) is 11.9 Å². The Kier molecular flexibility index (Phi) is 5.47. The average molecular weight is 437 g/mol. The summed E-state index contributed by atoms with van der Waals surface area (Å²) in [5.74, 6) is 0.761. The van der Waals surface area contributed by atoms with Crippen molar-refractivity contribution in [3.8, 4) is 17.2 Å². The number of carbonyl (C=O) groups excluding carboxylic acids is 1. The Bertz CT molecular complexity index is 1510. The van der Waals surface area contributed by atoms with Crippen LogP contribution >= 0.6 is 0 Å². The molecule has 0 saturated carbocycles. The maximum Gasteiger partial charge on any atom is 0.262 e. The monoisotopic (exact) mass is 437 g/mol. The van der Waals surface area contributed by atoms with E-state index in [0.717, 1.165) is 10.8 Å². The molecule has 5 aromatic rings. The van der Waals surface area contributed by atoms with Crippen LogP contribution in [0.2, 0.25) is 0 Å². The number of amides is 1. The van der Waals surface area contributed by atoms with E-state index in [1.807, 2.05) is 60.7 Å². The predicted octanol–water partition coefficient (Wildman–Crippen LogP) is 5.76. The molecule has 0 aliphatic heterocycles. The molecular formula is C27H19NO5. The lowest BCUT2D eigenvalue weighted by Crippen LogP contribution is -2.20. The summed E-state index contributed by atoms with van der Waals surface area (Å²) < 4.78 is 17.0. The minimum atomic E-state index is -0.294. The minimum Gasteiger partial charge on any atom is -0.484 e. The number of hydrogen-bond donors (Lipinski definition) is 1.